The Bertz CT molecular complexity index is 48.5. The summed E-state index contributed by atoms with van der Waals surface area (Å²) < 4.78 is 1.05. The van der Waals surface area contributed by atoms with Crippen LogP contribution in [0.2, 0.25) is 0 Å². The molecule has 2 atom stereocenters. The summed E-state index contributed by atoms with van der Waals surface area (Å²) in [5.41, 5.74) is 0. The Kier molecular flexibility index (Phi) is 4.95. The molecular formula is C6H13IO. The molecule has 1 N–H and O–H groups in total. The van der Waals surface area contributed by atoms with Gasteiger partial charge in [-0.25, -0.2) is 0 Å². The minimum absolute atomic E-state index is 0.0908. The topological polar surface area (TPSA) is 20.2 Å². The van der Waals surface area contributed by atoms with Crippen LogP contribution in [0.25, 0.3) is 0 Å². The normalized spacial score (nSPS) is 18.0. The van der Waals surface area contributed by atoms with Gasteiger partial charge in [-0.2, -0.15) is 0 Å². The summed E-state index contributed by atoms with van der Waals surface area (Å²) in [7, 11) is 0. The quantitative estimate of drug-likeness (QED) is 0.577. The van der Waals surface area contributed by atoms with E-state index >= 15 is 0 Å². The Balaban J connectivity index is 3.29. The third-order valence-electron chi connectivity index (χ3n) is 1.32. The molecule has 2 heteroatoms. The molecule has 8 heavy (non-hydrogen) atoms. The highest BCUT2D eigenvalue weighted by Gasteiger charge is 2.08. The first-order valence-corrected chi connectivity index (χ1v) is 4.49. The van der Waals surface area contributed by atoms with Crippen LogP contribution < -0.4 is 0 Å². The van der Waals surface area contributed by atoms with Crippen molar-refractivity contribution in [1.29, 1.82) is 0 Å². The first-order chi connectivity index (χ1) is 3.72. The zero-order valence-electron chi connectivity index (χ0n) is 5.39. The number of aliphatic hydroxyl groups is 1. The van der Waals surface area contributed by atoms with Gasteiger partial charge in [0, 0.05) is 4.43 Å². The molecule has 0 bridgehead atoms. The highest BCUT2D eigenvalue weighted by Crippen LogP contribution is 2.08. The standard InChI is InChI=1S/C6H13IO/c1-3-6(8)5(2)4-7/h5-6,8H,3-4H2,1-2H3. The highest BCUT2D eigenvalue weighted by atomic mass is 127. The van der Waals surface area contributed by atoms with Gasteiger partial charge >= 0.3 is 0 Å². The van der Waals surface area contributed by atoms with E-state index in [1.807, 2.05) is 6.92 Å². The van der Waals surface area contributed by atoms with Crippen LogP contribution in [0.1, 0.15) is 20.3 Å². The largest absolute Gasteiger partial charge is 0.393 e. The second-order valence-electron chi connectivity index (χ2n) is 2.11. The monoisotopic (exact) mass is 228 g/mol. The molecule has 0 amide bonds. The van der Waals surface area contributed by atoms with E-state index in [0.29, 0.717) is 5.92 Å². The molecule has 2 unspecified atom stereocenters. The van der Waals surface area contributed by atoms with Crippen LogP contribution in [0.15, 0.2) is 0 Å². The molecule has 0 saturated heterocycles. The molecule has 0 aliphatic rings. The van der Waals surface area contributed by atoms with Crippen LogP contribution in [-0.4, -0.2) is 15.6 Å². The average Bonchev–Trinajstić information content (AvgIpc) is 1.84. The summed E-state index contributed by atoms with van der Waals surface area (Å²) in [5.74, 6) is 0.459. The van der Waals surface area contributed by atoms with E-state index < -0.39 is 0 Å². The maximum Gasteiger partial charge on any atom is 0.0570 e. The van der Waals surface area contributed by atoms with Crippen LogP contribution >= 0.6 is 22.6 Å². The lowest BCUT2D eigenvalue weighted by molar-refractivity contribution is 0.125. The number of aliphatic hydroxyl groups excluding tert-OH is 1. The van der Waals surface area contributed by atoms with Crippen molar-refractivity contribution >= 4 is 22.6 Å². The molecule has 0 rings (SSSR count). The third kappa shape index (κ3) is 2.87. The van der Waals surface area contributed by atoms with Gasteiger partial charge in [0.15, 0.2) is 0 Å². The van der Waals surface area contributed by atoms with Crippen LogP contribution in [-0.2, 0) is 0 Å². The van der Waals surface area contributed by atoms with Gasteiger partial charge in [-0.1, -0.05) is 36.4 Å². The smallest absolute Gasteiger partial charge is 0.0570 e. The van der Waals surface area contributed by atoms with Crippen LogP contribution in [0.4, 0.5) is 0 Å². The van der Waals surface area contributed by atoms with Crippen molar-refractivity contribution in [3.8, 4) is 0 Å². The summed E-state index contributed by atoms with van der Waals surface area (Å²) in [6.45, 7) is 4.08. The molecule has 0 fully saturated rings. The fourth-order valence-corrected chi connectivity index (χ4v) is 1.09. The SMILES string of the molecule is CCC(O)C(C)CI. The second kappa shape index (κ2) is 4.56. The first kappa shape index (κ1) is 8.69. The lowest BCUT2D eigenvalue weighted by Gasteiger charge is -2.12. The minimum Gasteiger partial charge on any atom is -0.393 e. The minimum atomic E-state index is -0.0908. The predicted octanol–water partition coefficient (Wildman–Crippen LogP) is 1.83. The number of halogens is 1. The Morgan fingerprint density at radius 2 is 2.12 bits per heavy atom. The summed E-state index contributed by atoms with van der Waals surface area (Å²) in [6, 6.07) is 0. The van der Waals surface area contributed by atoms with E-state index in [9.17, 15) is 0 Å². The Hall–Kier alpha value is 0.690. The number of hydrogen-bond acceptors (Lipinski definition) is 1. The molecule has 0 aliphatic heterocycles. The molecule has 0 spiro atoms. The van der Waals surface area contributed by atoms with E-state index in [1.165, 1.54) is 0 Å². The lowest BCUT2D eigenvalue weighted by Crippen LogP contribution is -2.16. The molecule has 0 heterocycles. The van der Waals surface area contributed by atoms with E-state index in [1.54, 1.807) is 0 Å². The summed E-state index contributed by atoms with van der Waals surface area (Å²) >= 11 is 2.29. The van der Waals surface area contributed by atoms with Gasteiger partial charge in [-0.3, -0.25) is 0 Å². The van der Waals surface area contributed by atoms with E-state index in [2.05, 4.69) is 29.5 Å². The van der Waals surface area contributed by atoms with Crippen molar-refractivity contribution in [1.82, 2.24) is 0 Å². The molecule has 0 saturated carbocycles. The molecule has 0 radical (unpaired) electrons. The van der Waals surface area contributed by atoms with Gasteiger partial charge in [-0.05, 0) is 12.3 Å². The average molecular weight is 228 g/mol. The molecule has 0 aromatic carbocycles. The second-order valence-corrected chi connectivity index (χ2v) is 2.99. The zero-order valence-corrected chi connectivity index (χ0v) is 7.55. The highest BCUT2D eigenvalue weighted by molar-refractivity contribution is 14.1. The van der Waals surface area contributed by atoms with Crippen molar-refractivity contribution < 1.29 is 5.11 Å². The first-order valence-electron chi connectivity index (χ1n) is 2.96. The third-order valence-corrected chi connectivity index (χ3v) is 2.71. The number of hydrogen-bond donors (Lipinski definition) is 1. The maximum absolute atomic E-state index is 9.12. The Morgan fingerprint density at radius 1 is 1.62 bits per heavy atom. The molecule has 50 valence electrons. The van der Waals surface area contributed by atoms with Gasteiger partial charge in [0.1, 0.15) is 0 Å². The van der Waals surface area contributed by atoms with E-state index in [-0.39, 0.29) is 6.10 Å². The predicted molar refractivity (Wildman–Crippen MR) is 44.3 cm³/mol. The zero-order chi connectivity index (χ0) is 6.57. The van der Waals surface area contributed by atoms with Crippen molar-refractivity contribution in [3.05, 3.63) is 0 Å². The van der Waals surface area contributed by atoms with Gasteiger partial charge in [0.25, 0.3) is 0 Å². The summed E-state index contributed by atoms with van der Waals surface area (Å²) in [4.78, 5) is 0. The van der Waals surface area contributed by atoms with Crippen LogP contribution in [0.5, 0.6) is 0 Å². The van der Waals surface area contributed by atoms with Gasteiger partial charge in [-0.15, -0.1) is 0 Å². The fourth-order valence-electron chi connectivity index (χ4n) is 0.505. The van der Waals surface area contributed by atoms with Gasteiger partial charge in [0.05, 0.1) is 6.10 Å². The van der Waals surface area contributed by atoms with Gasteiger partial charge in [0.2, 0.25) is 0 Å². The van der Waals surface area contributed by atoms with Crippen molar-refractivity contribution in [2.24, 2.45) is 5.92 Å². The molecule has 0 aromatic heterocycles. The van der Waals surface area contributed by atoms with Crippen molar-refractivity contribution in [2.45, 2.75) is 26.4 Å². The maximum atomic E-state index is 9.12. The molecule has 1 nitrogen and oxygen atoms in total. The molecular weight excluding hydrogens is 215 g/mol. The Labute approximate surface area is 64.6 Å². The van der Waals surface area contributed by atoms with E-state index in [0.717, 1.165) is 10.8 Å². The fraction of sp³-hybridized carbons (Fsp3) is 1.00. The van der Waals surface area contributed by atoms with Crippen LogP contribution in [0.3, 0.4) is 0 Å². The van der Waals surface area contributed by atoms with Crippen molar-refractivity contribution in [2.75, 3.05) is 4.43 Å². The summed E-state index contributed by atoms with van der Waals surface area (Å²) in [6.07, 6.45) is 0.788. The molecule has 0 aromatic rings. The summed E-state index contributed by atoms with van der Waals surface area (Å²) in [5, 5.41) is 9.12. The molecule has 0 aliphatic carbocycles. The van der Waals surface area contributed by atoms with E-state index in [4.69, 9.17) is 5.11 Å². The number of rotatable bonds is 3. The number of alkyl halides is 1. The Morgan fingerprint density at radius 3 is 2.25 bits per heavy atom. The van der Waals surface area contributed by atoms with Crippen LogP contribution in [0, 0.1) is 5.92 Å². The van der Waals surface area contributed by atoms with Gasteiger partial charge < -0.3 is 5.11 Å². The lowest BCUT2D eigenvalue weighted by atomic mass is 10.1. The van der Waals surface area contributed by atoms with Crippen molar-refractivity contribution in [3.63, 3.8) is 0 Å².